The molecule has 1 nitrogen and oxygen atoms in total. The highest BCUT2D eigenvalue weighted by molar-refractivity contribution is 8.00. The first-order valence-electron chi connectivity index (χ1n) is 5.12. The number of halogens is 3. The molecule has 0 heterocycles. The third-order valence-corrected chi connectivity index (χ3v) is 5.53. The lowest BCUT2D eigenvalue weighted by Gasteiger charge is -2.13. The second-order valence-corrected chi connectivity index (χ2v) is 6.33. The lowest BCUT2D eigenvalue weighted by Crippen LogP contribution is -1.94. The summed E-state index contributed by atoms with van der Waals surface area (Å²) in [6, 6.07) is 1.45. The van der Waals surface area contributed by atoms with E-state index in [0.29, 0.717) is 15.3 Å². The van der Waals surface area contributed by atoms with E-state index in [1.807, 2.05) is 0 Å². The molecule has 1 aromatic carbocycles. The summed E-state index contributed by atoms with van der Waals surface area (Å²) in [5.74, 6) is -0.0626. The molecule has 0 spiro atoms. The van der Waals surface area contributed by atoms with Gasteiger partial charge >= 0.3 is 0 Å². The highest BCUT2D eigenvalue weighted by Crippen LogP contribution is 2.46. The third-order valence-electron chi connectivity index (χ3n) is 2.68. The van der Waals surface area contributed by atoms with Crippen LogP contribution < -0.4 is 0 Å². The first-order valence-corrected chi connectivity index (χ1v) is 7.14. The normalized spacial score (nSPS) is 16.9. The molecule has 0 amide bonds. The predicted octanol–water partition coefficient (Wildman–Crippen LogP) is 5.39. The number of phenols is 1. The van der Waals surface area contributed by atoms with Gasteiger partial charge in [0.25, 0.3) is 0 Å². The summed E-state index contributed by atoms with van der Waals surface area (Å²) in [5, 5.41) is 11.0. The Morgan fingerprint density at radius 2 is 1.75 bits per heavy atom. The van der Waals surface area contributed by atoms with Crippen molar-refractivity contribution in [3.8, 4) is 5.75 Å². The molecule has 1 N–H and O–H groups in total. The Morgan fingerprint density at radius 1 is 1.12 bits per heavy atom. The van der Waals surface area contributed by atoms with Crippen LogP contribution in [0.1, 0.15) is 25.7 Å². The van der Waals surface area contributed by atoms with Crippen molar-refractivity contribution in [1.29, 1.82) is 0 Å². The number of rotatable bonds is 2. The average Bonchev–Trinajstić information content (AvgIpc) is 2.74. The van der Waals surface area contributed by atoms with Crippen molar-refractivity contribution in [3.05, 3.63) is 21.1 Å². The third kappa shape index (κ3) is 2.56. The second-order valence-electron chi connectivity index (χ2n) is 3.86. The molecule has 0 aliphatic heterocycles. The smallest absolute Gasteiger partial charge is 0.137 e. The molecule has 2 rings (SSSR count). The van der Waals surface area contributed by atoms with E-state index < -0.39 is 0 Å². The minimum Gasteiger partial charge on any atom is -0.506 e. The van der Waals surface area contributed by atoms with Crippen molar-refractivity contribution < 1.29 is 5.11 Å². The number of hydrogen-bond acceptors (Lipinski definition) is 2. The van der Waals surface area contributed by atoms with Crippen molar-refractivity contribution in [2.24, 2.45) is 0 Å². The van der Waals surface area contributed by atoms with Crippen LogP contribution in [-0.4, -0.2) is 10.4 Å². The van der Waals surface area contributed by atoms with E-state index in [1.54, 1.807) is 11.8 Å². The highest BCUT2D eigenvalue weighted by atomic mass is 35.5. The molecule has 16 heavy (non-hydrogen) atoms. The van der Waals surface area contributed by atoms with Gasteiger partial charge in [-0.2, -0.15) is 0 Å². The monoisotopic (exact) mass is 296 g/mol. The molecule has 0 radical (unpaired) electrons. The van der Waals surface area contributed by atoms with E-state index in [0.717, 1.165) is 4.90 Å². The lowest BCUT2D eigenvalue weighted by molar-refractivity contribution is 0.475. The molecule has 0 atom stereocenters. The predicted molar refractivity (Wildman–Crippen MR) is 71.2 cm³/mol. The maximum absolute atomic E-state index is 9.46. The van der Waals surface area contributed by atoms with Crippen LogP contribution in [0.25, 0.3) is 0 Å². The molecule has 0 saturated heterocycles. The van der Waals surface area contributed by atoms with E-state index in [4.69, 9.17) is 34.8 Å². The molecule has 1 aromatic rings. The van der Waals surface area contributed by atoms with Crippen LogP contribution >= 0.6 is 46.6 Å². The summed E-state index contributed by atoms with van der Waals surface area (Å²) in [6.07, 6.45) is 4.91. The minimum atomic E-state index is -0.0626. The SMILES string of the molecule is Oc1cc(Cl)c(SC2CCCC2)c(Cl)c1Cl. The summed E-state index contributed by atoms with van der Waals surface area (Å²) in [5.41, 5.74) is 0. The summed E-state index contributed by atoms with van der Waals surface area (Å²) in [7, 11) is 0. The molecule has 5 heteroatoms. The van der Waals surface area contributed by atoms with Gasteiger partial charge < -0.3 is 5.11 Å². The van der Waals surface area contributed by atoms with Gasteiger partial charge in [-0.15, -0.1) is 11.8 Å². The van der Waals surface area contributed by atoms with Gasteiger partial charge in [0.1, 0.15) is 10.8 Å². The molecule has 0 unspecified atom stereocenters. The summed E-state index contributed by atoms with van der Waals surface area (Å²) < 4.78 is 0. The topological polar surface area (TPSA) is 20.2 Å². The van der Waals surface area contributed by atoms with Crippen molar-refractivity contribution in [1.82, 2.24) is 0 Å². The second kappa shape index (κ2) is 5.26. The lowest BCUT2D eigenvalue weighted by atomic mass is 10.3. The largest absolute Gasteiger partial charge is 0.506 e. The Labute approximate surface area is 114 Å². The first kappa shape index (κ1) is 12.7. The minimum absolute atomic E-state index is 0.0626. The molecule has 0 bridgehead atoms. The Hall–Kier alpha value is 0.240. The van der Waals surface area contributed by atoms with E-state index in [1.165, 1.54) is 31.7 Å². The maximum atomic E-state index is 9.46. The van der Waals surface area contributed by atoms with E-state index in [2.05, 4.69) is 0 Å². The number of benzene rings is 1. The molecular formula is C11H11Cl3OS. The number of hydrogen-bond donors (Lipinski definition) is 1. The standard InChI is InChI=1S/C11H11Cl3OS/c12-7-5-8(15)9(13)10(14)11(7)16-6-3-1-2-4-6/h5-6,15H,1-4H2. The summed E-state index contributed by atoms with van der Waals surface area (Å²) in [6.45, 7) is 0. The average molecular weight is 298 g/mol. The molecule has 1 aliphatic rings. The fourth-order valence-electron chi connectivity index (χ4n) is 1.85. The zero-order valence-electron chi connectivity index (χ0n) is 8.47. The summed E-state index contributed by atoms with van der Waals surface area (Å²) in [4.78, 5) is 0.790. The maximum Gasteiger partial charge on any atom is 0.137 e. The van der Waals surface area contributed by atoms with Gasteiger partial charge in [-0.25, -0.2) is 0 Å². The van der Waals surface area contributed by atoms with Crippen LogP contribution in [0.2, 0.25) is 15.1 Å². The van der Waals surface area contributed by atoms with Crippen LogP contribution in [0.5, 0.6) is 5.75 Å². The van der Waals surface area contributed by atoms with E-state index in [-0.39, 0.29) is 10.8 Å². The Balaban J connectivity index is 2.28. The van der Waals surface area contributed by atoms with Crippen LogP contribution in [0.15, 0.2) is 11.0 Å². The number of phenolic OH excluding ortho intramolecular Hbond substituents is 1. The molecule has 1 aliphatic carbocycles. The van der Waals surface area contributed by atoms with Crippen molar-refractivity contribution in [3.63, 3.8) is 0 Å². The van der Waals surface area contributed by atoms with Gasteiger partial charge in [0.05, 0.1) is 10.0 Å². The molecular weight excluding hydrogens is 287 g/mol. The first-order chi connectivity index (χ1) is 7.59. The Kier molecular flexibility index (Phi) is 4.17. The molecule has 1 fully saturated rings. The van der Waals surface area contributed by atoms with Gasteiger partial charge in [0, 0.05) is 16.2 Å². The van der Waals surface area contributed by atoms with E-state index >= 15 is 0 Å². The highest BCUT2D eigenvalue weighted by Gasteiger charge is 2.21. The quantitative estimate of drug-likeness (QED) is 0.739. The fourth-order valence-corrected chi connectivity index (χ4v) is 4.04. The Morgan fingerprint density at radius 3 is 2.38 bits per heavy atom. The zero-order chi connectivity index (χ0) is 11.7. The van der Waals surface area contributed by atoms with Crippen LogP contribution in [-0.2, 0) is 0 Å². The van der Waals surface area contributed by atoms with Gasteiger partial charge in [0.15, 0.2) is 0 Å². The van der Waals surface area contributed by atoms with Crippen molar-refractivity contribution >= 4 is 46.6 Å². The van der Waals surface area contributed by atoms with Crippen LogP contribution in [0, 0.1) is 0 Å². The zero-order valence-corrected chi connectivity index (χ0v) is 11.6. The van der Waals surface area contributed by atoms with Crippen LogP contribution in [0.4, 0.5) is 0 Å². The van der Waals surface area contributed by atoms with Gasteiger partial charge in [0.2, 0.25) is 0 Å². The number of aromatic hydroxyl groups is 1. The molecule has 0 aromatic heterocycles. The van der Waals surface area contributed by atoms with Gasteiger partial charge in [-0.1, -0.05) is 47.6 Å². The Bertz CT molecular complexity index is 403. The fraction of sp³-hybridized carbons (Fsp3) is 0.455. The van der Waals surface area contributed by atoms with Gasteiger partial charge in [-0.05, 0) is 12.8 Å². The van der Waals surface area contributed by atoms with Crippen LogP contribution in [0.3, 0.4) is 0 Å². The van der Waals surface area contributed by atoms with Crippen molar-refractivity contribution in [2.45, 2.75) is 35.8 Å². The number of thioether (sulfide) groups is 1. The van der Waals surface area contributed by atoms with E-state index in [9.17, 15) is 5.11 Å². The van der Waals surface area contributed by atoms with Gasteiger partial charge in [-0.3, -0.25) is 0 Å². The summed E-state index contributed by atoms with van der Waals surface area (Å²) >= 11 is 19.7. The molecule has 88 valence electrons. The van der Waals surface area contributed by atoms with Crippen molar-refractivity contribution in [2.75, 3.05) is 0 Å². The molecule has 1 saturated carbocycles.